The third-order valence-electron chi connectivity index (χ3n) is 8.64. The number of nitrogens with one attached hydrogen (secondary N) is 1. The zero-order valence-corrected chi connectivity index (χ0v) is 31.9. The average molecular weight is 769 g/mol. The van der Waals surface area contributed by atoms with Crippen molar-refractivity contribution in [1.82, 2.24) is 4.83 Å². The van der Waals surface area contributed by atoms with E-state index in [1.54, 1.807) is 30.3 Å². The maximum absolute atomic E-state index is 14.1. The molecule has 0 fully saturated rings. The van der Waals surface area contributed by atoms with Crippen LogP contribution in [-0.4, -0.2) is 34.0 Å². The number of ether oxygens (including phenoxy) is 3. The molecule has 0 heterocycles. The second kappa shape index (κ2) is 23.0. The lowest BCUT2D eigenvalue weighted by Gasteiger charge is -2.16. The Kier molecular flexibility index (Phi) is 18.9. The smallest absolute Gasteiger partial charge is 0.276 e. The average Bonchev–Trinajstić information content (AvgIpc) is 3.15. The van der Waals surface area contributed by atoms with Crippen LogP contribution < -0.4 is 19.0 Å². The van der Waals surface area contributed by atoms with Crippen LogP contribution in [0.2, 0.25) is 0 Å². The Morgan fingerprint density at radius 3 is 1.68 bits per heavy atom. The Bertz CT molecular complexity index is 1680. The van der Waals surface area contributed by atoms with Gasteiger partial charge in [-0.15, -0.1) is 0 Å². The second-order valence-electron chi connectivity index (χ2n) is 13.1. The maximum atomic E-state index is 14.1. The SMILES string of the molecule is CCCCCCCCOc1ccc(/C(CCCCOc2c(F)c(F)c(F)c(F)c2F)=N/NS(=O)(=O)c2ccc(C)cc2)cc1OCCCCCCCC. The minimum absolute atomic E-state index is 0.0174. The maximum Gasteiger partial charge on any atom is 0.276 e. The zero-order valence-electron chi connectivity index (χ0n) is 31.1. The summed E-state index contributed by atoms with van der Waals surface area (Å²) in [6.45, 7) is 6.78. The van der Waals surface area contributed by atoms with Crippen molar-refractivity contribution >= 4 is 15.7 Å². The fraction of sp³-hybridized carbons (Fsp3) is 0.525. The molecule has 0 amide bonds. The highest BCUT2D eigenvalue weighted by Crippen LogP contribution is 2.31. The number of aryl methyl sites for hydroxylation is 1. The van der Waals surface area contributed by atoms with Crippen molar-refractivity contribution in [3.05, 3.63) is 82.7 Å². The van der Waals surface area contributed by atoms with Gasteiger partial charge in [0.25, 0.3) is 10.0 Å². The third kappa shape index (κ3) is 14.1. The number of nitrogens with zero attached hydrogens (tertiary/aromatic N) is 1. The van der Waals surface area contributed by atoms with Gasteiger partial charge >= 0.3 is 0 Å². The third-order valence-corrected chi connectivity index (χ3v) is 9.87. The minimum Gasteiger partial charge on any atom is -0.490 e. The van der Waals surface area contributed by atoms with Gasteiger partial charge in [0, 0.05) is 5.56 Å². The summed E-state index contributed by atoms with van der Waals surface area (Å²) in [6, 6.07) is 11.5. The van der Waals surface area contributed by atoms with E-state index in [1.807, 2.05) is 6.92 Å². The van der Waals surface area contributed by atoms with E-state index >= 15 is 0 Å². The van der Waals surface area contributed by atoms with E-state index in [4.69, 9.17) is 14.2 Å². The molecule has 294 valence electrons. The molecule has 1 N–H and O–H groups in total. The molecule has 0 bridgehead atoms. The predicted octanol–water partition coefficient (Wildman–Crippen LogP) is 11.1. The standard InChI is InChI=1S/C40H53F5N2O5S/c1-4-6-8-10-12-15-25-50-33-24-21-30(28-34(33)51-26-16-13-11-9-7-5-2)32(46-47-53(48,49)31-22-19-29(3)20-23-31)18-14-17-27-52-40-38(44)36(42)35(41)37(43)39(40)45/h19-24,28,47H,4-18,25-27H2,1-3H3/b46-32+. The van der Waals surface area contributed by atoms with E-state index in [2.05, 4.69) is 23.8 Å². The van der Waals surface area contributed by atoms with Crippen molar-refractivity contribution < 1.29 is 44.6 Å². The highest BCUT2D eigenvalue weighted by Gasteiger charge is 2.27. The van der Waals surface area contributed by atoms with Crippen LogP contribution in [0.4, 0.5) is 22.0 Å². The van der Waals surface area contributed by atoms with Crippen molar-refractivity contribution in [3.8, 4) is 17.2 Å². The molecule has 3 rings (SSSR count). The molecule has 0 spiro atoms. The summed E-state index contributed by atoms with van der Waals surface area (Å²) < 4.78 is 112. The fourth-order valence-corrected chi connectivity index (χ4v) is 6.31. The lowest BCUT2D eigenvalue weighted by atomic mass is 10.0. The molecule has 0 aliphatic carbocycles. The monoisotopic (exact) mass is 768 g/mol. The minimum atomic E-state index is -4.04. The van der Waals surface area contributed by atoms with Gasteiger partial charge < -0.3 is 14.2 Å². The highest BCUT2D eigenvalue weighted by atomic mass is 32.2. The van der Waals surface area contributed by atoms with Crippen molar-refractivity contribution in [2.75, 3.05) is 19.8 Å². The van der Waals surface area contributed by atoms with E-state index in [0.29, 0.717) is 36.0 Å². The van der Waals surface area contributed by atoms with Gasteiger partial charge in [0.1, 0.15) is 0 Å². The predicted molar refractivity (Wildman–Crippen MR) is 198 cm³/mol. The number of rotatable bonds is 26. The number of hydrogen-bond acceptors (Lipinski definition) is 6. The van der Waals surface area contributed by atoms with Gasteiger partial charge in [0.15, 0.2) is 17.2 Å². The van der Waals surface area contributed by atoms with E-state index in [0.717, 1.165) is 50.5 Å². The Morgan fingerprint density at radius 2 is 1.09 bits per heavy atom. The molecular formula is C40H53F5N2O5S. The Labute approximate surface area is 311 Å². The summed E-state index contributed by atoms with van der Waals surface area (Å²) in [7, 11) is -4.04. The molecule has 7 nitrogen and oxygen atoms in total. The topological polar surface area (TPSA) is 86.2 Å². The number of unbranched alkanes of at least 4 members (excludes halogenated alkanes) is 11. The first-order valence-electron chi connectivity index (χ1n) is 18.7. The summed E-state index contributed by atoms with van der Waals surface area (Å²) in [4.78, 5) is 2.32. The molecule has 0 aliphatic heterocycles. The van der Waals surface area contributed by atoms with Crippen LogP contribution in [0, 0.1) is 36.0 Å². The van der Waals surface area contributed by atoms with Crippen LogP contribution in [0.1, 0.15) is 121 Å². The Morgan fingerprint density at radius 1 is 0.604 bits per heavy atom. The van der Waals surface area contributed by atoms with Gasteiger partial charge in [-0.1, -0.05) is 95.8 Å². The van der Waals surface area contributed by atoms with Gasteiger partial charge in [0.2, 0.25) is 29.1 Å². The van der Waals surface area contributed by atoms with Crippen molar-refractivity contribution in [2.45, 2.75) is 122 Å². The first kappa shape index (κ1) is 43.5. The lowest BCUT2D eigenvalue weighted by molar-refractivity contribution is 0.257. The number of hydrazone groups is 1. The van der Waals surface area contributed by atoms with E-state index < -0.39 is 44.9 Å². The van der Waals surface area contributed by atoms with Crippen molar-refractivity contribution in [2.24, 2.45) is 5.10 Å². The highest BCUT2D eigenvalue weighted by molar-refractivity contribution is 7.89. The molecular weight excluding hydrogens is 716 g/mol. The molecule has 0 radical (unpaired) electrons. The molecule has 0 saturated carbocycles. The van der Waals surface area contributed by atoms with Gasteiger partial charge in [-0.25, -0.2) is 13.2 Å². The van der Waals surface area contributed by atoms with Crippen molar-refractivity contribution in [3.63, 3.8) is 0 Å². The van der Waals surface area contributed by atoms with Crippen molar-refractivity contribution in [1.29, 1.82) is 0 Å². The Hall–Kier alpha value is -3.87. The Balaban J connectivity index is 1.80. The van der Waals surface area contributed by atoms with E-state index in [9.17, 15) is 30.4 Å². The van der Waals surface area contributed by atoms with Crippen LogP contribution in [0.5, 0.6) is 17.2 Å². The van der Waals surface area contributed by atoms with Crippen LogP contribution in [0.15, 0.2) is 52.5 Å². The summed E-state index contributed by atoms with van der Waals surface area (Å²) in [5.41, 5.74) is 1.75. The summed E-state index contributed by atoms with van der Waals surface area (Å²) in [5, 5.41) is 4.28. The fourth-order valence-electron chi connectivity index (χ4n) is 5.48. The molecule has 3 aromatic rings. The summed E-state index contributed by atoms with van der Waals surface area (Å²) in [6.07, 6.45) is 13.7. The van der Waals surface area contributed by atoms with Crippen LogP contribution in [-0.2, 0) is 10.0 Å². The number of benzene rings is 3. The first-order valence-corrected chi connectivity index (χ1v) is 20.2. The molecule has 13 heteroatoms. The molecule has 0 atom stereocenters. The number of hydrogen-bond donors (Lipinski definition) is 1. The van der Waals surface area contributed by atoms with E-state index in [-0.39, 0.29) is 30.8 Å². The van der Waals surface area contributed by atoms with Crippen LogP contribution in [0.25, 0.3) is 0 Å². The normalized spacial score (nSPS) is 11.9. The summed E-state index contributed by atoms with van der Waals surface area (Å²) in [5.74, 6) is -10.9. The van der Waals surface area contributed by atoms with Gasteiger partial charge in [0.05, 0.1) is 30.4 Å². The van der Waals surface area contributed by atoms with Gasteiger partial charge in [-0.05, 0) is 69.4 Å². The molecule has 53 heavy (non-hydrogen) atoms. The quantitative estimate of drug-likeness (QED) is 0.0219. The second-order valence-corrected chi connectivity index (χ2v) is 14.7. The zero-order chi connectivity index (χ0) is 38.6. The lowest BCUT2D eigenvalue weighted by Crippen LogP contribution is -2.21. The molecule has 3 aromatic carbocycles. The van der Waals surface area contributed by atoms with Gasteiger partial charge in [-0.2, -0.15) is 27.1 Å². The number of sulfonamides is 1. The summed E-state index contributed by atoms with van der Waals surface area (Å²) >= 11 is 0. The van der Waals surface area contributed by atoms with Crippen LogP contribution >= 0.6 is 0 Å². The van der Waals surface area contributed by atoms with Gasteiger partial charge in [-0.3, -0.25) is 0 Å². The molecule has 0 unspecified atom stereocenters. The van der Waals surface area contributed by atoms with E-state index in [1.165, 1.54) is 44.2 Å². The number of halogens is 5. The van der Waals surface area contributed by atoms with Crippen LogP contribution in [0.3, 0.4) is 0 Å². The molecule has 0 aromatic heterocycles. The first-order chi connectivity index (χ1) is 25.5. The molecule has 0 saturated heterocycles. The molecule has 0 aliphatic rings. The largest absolute Gasteiger partial charge is 0.490 e.